The highest BCUT2D eigenvalue weighted by Crippen LogP contribution is 2.37. The van der Waals surface area contributed by atoms with Gasteiger partial charge in [-0.2, -0.15) is 13.2 Å². The van der Waals surface area contributed by atoms with Crippen LogP contribution >= 0.6 is 11.8 Å². The summed E-state index contributed by atoms with van der Waals surface area (Å²) < 4.78 is 44.9. The molecule has 0 fully saturated rings. The van der Waals surface area contributed by atoms with Crippen LogP contribution in [0.4, 0.5) is 24.5 Å². The van der Waals surface area contributed by atoms with Gasteiger partial charge in [0.25, 0.3) is 0 Å². The lowest BCUT2D eigenvalue weighted by molar-refractivity contribution is -0.136. The van der Waals surface area contributed by atoms with Crippen LogP contribution in [0.5, 0.6) is 0 Å². The number of aromatic nitrogens is 1. The number of nitrogens with zero attached hydrogens (tertiary/aromatic N) is 2. The molecule has 142 valence electrons. The molecule has 0 aliphatic rings. The number of hydrogen-bond donors (Lipinski definition) is 1. The molecule has 0 spiro atoms. The van der Waals surface area contributed by atoms with Gasteiger partial charge in [0.05, 0.1) is 22.7 Å². The Morgan fingerprint density at radius 3 is 2.54 bits per heavy atom. The van der Waals surface area contributed by atoms with Gasteiger partial charge >= 0.3 is 6.18 Å². The summed E-state index contributed by atoms with van der Waals surface area (Å²) >= 11 is 1.29. The normalized spacial score (nSPS) is 11.5. The number of carbonyl (C=O) groups excluding carboxylic acids is 1. The van der Waals surface area contributed by atoms with E-state index in [0.29, 0.717) is 17.2 Å². The molecular weight excluding hydrogens is 367 g/mol. The van der Waals surface area contributed by atoms with Gasteiger partial charge in [-0.3, -0.25) is 4.79 Å². The summed E-state index contributed by atoms with van der Waals surface area (Å²) in [6.07, 6.45) is -4.56. The Hall–Kier alpha value is -2.16. The van der Waals surface area contributed by atoms with E-state index < -0.39 is 17.6 Å². The molecule has 0 aliphatic carbocycles. The van der Waals surface area contributed by atoms with Gasteiger partial charge in [-0.15, -0.1) is 11.8 Å². The largest absolute Gasteiger partial charge is 0.418 e. The van der Waals surface area contributed by atoms with E-state index >= 15 is 0 Å². The molecule has 2 rings (SSSR count). The summed E-state index contributed by atoms with van der Waals surface area (Å²) in [4.78, 5) is 13.6. The Balaban J connectivity index is 2.04. The van der Waals surface area contributed by atoms with Crippen molar-refractivity contribution in [2.45, 2.75) is 25.8 Å². The van der Waals surface area contributed by atoms with Gasteiger partial charge in [0.15, 0.2) is 0 Å². The van der Waals surface area contributed by atoms with E-state index in [4.69, 9.17) is 4.52 Å². The Labute approximate surface area is 153 Å². The lowest BCUT2D eigenvalue weighted by Gasteiger charge is -2.18. The highest BCUT2D eigenvalue weighted by Gasteiger charge is 2.34. The SMILES string of the molecule is Cc1noc(C)c1CSCC(=O)Nc1ccc(N(C)C)cc1C(F)(F)F. The zero-order valence-corrected chi connectivity index (χ0v) is 15.7. The van der Waals surface area contributed by atoms with Crippen LogP contribution in [0.3, 0.4) is 0 Å². The summed E-state index contributed by atoms with van der Waals surface area (Å²) in [5.74, 6) is 0.704. The highest BCUT2D eigenvalue weighted by atomic mass is 32.2. The minimum absolute atomic E-state index is 0.0246. The molecule has 9 heteroatoms. The second-order valence-electron chi connectivity index (χ2n) is 5.97. The first kappa shape index (κ1) is 20.2. The Morgan fingerprint density at radius 2 is 2.00 bits per heavy atom. The molecule has 2 aromatic rings. The molecule has 26 heavy (non-hydrogen) atoms. The van der Waals surface area contributed by atoms with Crippen LogP contribution < -0.4 is 10.2 Å². The number of carbonyl (C=O) groups is 1. The van der Waals surface area contributed by atoms with Crippen LogP contribution in [0.25, 0.3) is 0 Å². The monoisotopic (exact) mass is 387 g/mol. The maximum Gasteiger partial charge on any atom is 0.418 e. The lowest BCUT2D eigenvalue weighted by atomic mass is 10.1. The standard InChI is InChI=1S/C17H20F3N3O2S/c1-10-13(11(2)25-22-10)8-26-9-16(24)21-15-6-5-12(23(3)4)7-14(15)17(18,19)20/h5-7H,8-9H2,1-4H3,(H,21,24). The average molecular weight is 387 g/mol. The van der Waals surface area contributed by atoms with Crippen molar-refractivity contribution in [2.75, 3.05) is 30.1 Å². The van der Waals surface area contributed by atoms with Crippen LogP contribution in [0.1, 0.15) is 22.6 Å². The number of rotatable bonds is 6. The quantitative estimate of drug-likeness (QED) is 0.803. The third-order valence-corrected chi connectivity index (χ3v) is 4.72. The number of hydrogen-bond acceptors (Lipinski definition) is 5. The summed E-state index contributed by atoms with van der Waals surface area (Å²) in [6, 6.07) is 3.82. The van der Waals surface area contributed by atoms with Gasteiger partial charge in [0, 0.05) is 31.1 Å². The van der Waals surface area contributed by atoms with E-state index in [1.54, 1.807) is 32.8 Å². The fourth-order valence-electron chi connectivity index (χ4n) is 2.29. The van der Waals surface area contributed by atoms with E-state index in [0.717, 1.165) is 17.3 Å². The minimum Gasteiger partial charge on any atom is -0.378 e. The van der Waals surface area contributed by atoms with Crippen molar-refractivity contribution in [1.82, 2.24) is 5.16 Å². The molecule has 1 aromatic carbocycles. The number of nitrogens with one attached hydrogen (secondary N) is 1. The van der Waals surface area contributed by atoms with Gasteiger partial charge < -0.3 is 14.7 Å². The van der Waals surface area contributed by atoms with Gasteiger partial charge in [-0.1, -0.05) is 5.16 Å². The first-order valence-corrected chi connectivity index (χ1v) is 8.93. The molecule has 0 saturated heterocycles. The molecule has 1 aromatic heterocycles. The molecule has 0 unspecified atom stereocenters. The molecule has 0 atom stereocenters. The van der Waals surface area contributed by atoms with Crippen molar-refractivity contribution in [3.05, 3.63) is 40.8 Å². The zero-order chi connectivity index (χ0) is 19.5. The van der Waals surface area contributed by atoms with Crippen LogP contribution in [0.15, 0.2) is 22.7 Å². The predicted octanol–water partition coefficient (Wildman–Crippen LogP) is 4.25. The maximum atomic E-state index is 13.3. The Morgan fingerprint density at radius 1 is 1.31 bits per heavy atom. The van der Waals surface area contributed by atoms with Crippen molar-refractivity contribution < 1.29 is 22.5 Å². The summed E-state index contributed by atoms with van der Waals surface area (Å²) in [5, 5.41) is 6.18. The highest BCUT2D eigenvalue weighted by molar-refractivity contribution is 7.99. The Bertz CT molecular complexity index is 769. The number of amides is 1. The predicted molar refractivity (Wildman–Crippen MR) is 96.5 cm³/mol. The molecular formula is C17H20F3N3O2S. The molecule has 5 nitrogen and oxygen atoms in total. The van der Waals surface area contributed by atoms with Crippen molar-refractivity contribution in [3.63, 3.8) is 0 Å². The average Bonchev–Trinajstić information content (AvgIpc) is 2.85. The van der Waals surface area contributed by atoms with E-state index in [1.165, 1.54) is 23.9 Å². The third kappa shape index (κ3) is 4.94. The first-order chi connectivity index (χ1) is 12.1. The fraction of sp³-hybridized carbons (Fsp3) is 0.412. The second-order valence-corrected chi connectivity index (χ2v) is 6.95. The van der Waals surface area contributed by atoms with E-state index in [9.17, 15) is 18.0 Å². The lowest BCUT2D eigenvalue weighted by Crippen LogP contribution is -2.19. The molecule has 1 N–H and O–H groups in total. The van der Waals surface area contributed by atoms with Gasteiger partial charge in [-0.25, -0.2) is 0 Å². The van der Waals surface area contributed by atoms with Crippen molar-refractivity contribution in [2.24, 2.45) is 0 Å². The van der Waals surface area contributed by atoms with Crippen molar-refractivity contribution in [1.29, 1.82) is 0 Å². The van der Waals surface area contributed by atoms with E-state index in [1.807, 2.05) is 0 Å². The van der Waals surface area contributed by atoms with Gasteiger partial charge in [-0.05, 0) is 32.0 Å². The van der Waals surface area contributed by atoms with E-state index in [-0.39, 0.29) is 11.4 Å². The molecule has 0 aliphatic heterocycles. The number of aryl methyl sites for hydroxylation is 2. The van der Waals surface area contributed by atoms with E-state index in [2.05, 4.69) is 10.5 Å². The maximum absolute atomic E-state index is 13.3. The minimum atomic E-state index is -4.56. The summed E-state index contributed by atoms with van der Waals surface area (Å²) in [7, 11) is 3.30. The third-order valence-electron chi connectivity index (χ3n) is 3.76. The molecule has 0 bridgehead atoms. The Kier molecular flexibility index (Phi) is 6.22. The molecule has 1 heterocycles. The van der Waals surface area contributed by atoms with Gasteiger partial charge in [0.1, 0.15) is 5.76 Å². The van der Waals surface area contributed by atoms with Crippen LogP contribution in [-0.4, -0.2) is 30.9 Å². The van der Waals surface area contributed by atoms with Crippen molar-refractivity contribution >= 4 is 29.0 Å². The summed E-state index contributed by atoms with van der Waals surface area (Å²) in [5.41, 5.74) is 0.935. The summed E-state index contributed by atoms with van der Waals surface area (Å²) in [6.45, 7) is 3.58. The molecule has 0 radical (unpaired) electrons. The number of benzene rings is 1. The van der Waals surface area contributed by atoms with Gasteiger partial charge in [0.2, 0.25) is 5.91 Å². The first-order valence-electron chi connectivity index (χ1n) is 7.77. The number of thioether (sulfide) groups is 1. The molecule has 0 saturated carbocycles. The fourth-order valence-corrected chi connectivity index (χ4v) is 3.27. The van der Waals surface area contributed by atoms with Crippen LogP contribution in [0, 0.1) is 13.8 Å². The number of anilines is 2. The second kappa shape index (κ2) is 8.03. The van der Waals surface area contributed by atoms with Crippen LogP contribution in [-0.2, 0) is 16.7 Å². The number of halogens is 3. The molecule has 1 amide bonds. The topological polar surface area (TPSA) is 58.4 Å². The zero-order valence-electron chi connectivity index (χ0n) is 14.9. The van der Waals surface area contributed by atoms with Crippen molar-refractivity contribution in [3.8, 4) is 0 Å². The van der Waals surface area contributed by atoms with Crippen LogP contribution in [0.2, 0.25) is 0 Å². The smallest absolute Gasteiger partial charge is 0.378 e. The number of alkyl halides is 3.